The number of furan rings is 1. The van der Waals surface area contributed by atoms with Gasteiger partial charge >= 0.3 is 0 Å². The molecule has 6 heteroatoms. The Balaban J connectivity index is 2.26. The Bertz CT molecular complexity index is 681. The van der Waals surface area contributed by atoms with Crippen LogP contribution < -0.4 is 5.73 Å². The second-order valence-corrected chi connectivity index (χ2v) is 6.97. The second-order valence-electron chi connectivity index (χ2n) is 4.93. The maximum atomic E-state index is 12.6. The molecular weight excluding hydrogens is 288 g/mol. The van der Waals surface area contributed by atoms with Gasteiger partial charge < -0.3 is 10.2 Å². The quantitative estimate of drug-likeness (QED) is 0.889. The predicted molar refractivity (Wildman–Crippen MR) is 81.0 cm³/mol. The lowest BCUT2D eigenvalue weighted by Crippen LogP contribution is -2.26. The van der Waals surface area contributed by atoms with Crippen LogP contribution in [0.25, 0.3) is 0 Å². The Labute approximate surface area is 125 Å². The lowest BCUT2D eigenvalue weighted by atomic mass is 10.1. The molecule has 0 saturated carbocycles. The molecule has 0 fully saturated rings. The van der Waals surface area contributed by atoms with E-state index in [-0.39, 0.29) is 17.5 Å². The Morgan fingerprint density at radius 3 is 2.67 bits per heavy atom. The summed E-state index contributed by atoms with van der Waals surface area (Å²) in [4.78, 5) is 0.248. The zero-order valence-electron chi connectivity index (χ0n) is 12.2. The number of benzene rings is 1. The molecule has 114 valence electrons. The molecule has 21 heavy (non-hydrogen) atoms. The van der Waals surface area contributed by atoms with E-state index in [1.165, 1.54) is 17.6 Å². The van der Waals surface area contributed by atoms with Gasteiger partial charge in [0.25, 0.3) is 0 Å². The molecule has 1 atom stereocenters. The number of hydrogen-bond donors (Lipinski definition) is 1. The normalized spacial score (nSPS) is 13.5. The Kier molecular flexibility index (Phi) is 4.82. The number of rotatable bonds is 6. The smallest absolute Gasteiger partial charge is 0.243 e. The van der Waals surface area contributed by atoms with Crippen LogP contribution in [-0.4, -0.2) is 19.8 Å². The summed E-state index contributed by atoms with van der Waals surface area (Å²) < 4.78 is 31.6. The summed E-state index contributed by atoms with van der Waals surface area (Å²) in [6.45, 7) is 2.16. The van der Waals surface area contributed by atoms with Crippen molar-refractivity contribution in [3.8, 4) is 0 Å². The maximum Gasteiger partial charge on any atom is 0.243 e. The van der Waals surface area contributed by atoms with Crippen molar-refractivity contribution in [3.63, 3.8) is 0 Å². The monoisotopic (exact) mass is 308 g/mol. The van der Waals surface area contributed by atoms with Crippen molar-refractivity contribution >= 4 is 10.0 Å². The lowest BCUT2D eigenvalue weighted by molar-refractivity contribution is 0.406. The van der Waals surface area contributed by atoms with Gasteiger partial charge in [-0.05, 0) is 36.2 Å². The largest absolute Gasteiger partial charge is 0.468 e. The summed E-state index contributed by atoms with van der Waals surface area (Å²) in [6, 6.07) is 10.1. The summed E-state index contributed by atoms with van der Waals surface area (Å²) in [7, 11) is -2.03. The zero-order chi connectivity index (χ0) is 15.5. The van der Waals surface area contributed by atoms with E-state index in [4.69, 9.17) is 10.2 Å². The van der Waals surface area contributed by atoms with E-state index in [9.17, 15) is 8.42 Å². The first kappa shape index (κ1) is 15.8. The fourth-order valence-electron chi connectivity index (χ4n) is 2.03. The van der Waals surface area contributed by atoms with Gasteiger partial charge in [-0.25, -0.2) is 8.42 Å². The summed E-state index contributed by atoms with van der Waals surface area (Å²) in [5, 5.41) is 0. The minimum absolute atomic E-state index is 0.157. The minimum Gasteiger partial charge on any atom is -0.468 e. The van der Waals surface area contributed by atoms with E-state index in [0.29, 0.717) is 5.76 Å². The molecule has 1 aromatic heterocycles. The zero-order valence-corrected chi connectivity index (χ0v) is 13.0. The molecule has 2 rings (SSSR count). The van der Waals surface area contributed by atoms with Crippen molar-refractivity contribution in [2.75, 3.05) is 7.05 Å². The van der Waals surface area contributed by atoms with Crippen LogP contribution in [0.2, 0.25) is 0 Å². The highest BCUT2D eigenvalue weighted by Gasteiger charge is 2.22. The van der Waals surface area contributed by atoms with E-state index >= 15 is 0 Å². The first-order valence-corrected chi connectivity index (χ1v) is 8.23. The molecule has 0 aliphatic heterocycles. The minimum atomic E-state index is -3.56. The van der Waals surface area contributed by atoms with E-state index in [1.807, 2.05) is 13.0 Å². The van der Waals surface area contributed by atoms with Crippen LogP contribution in [0.4, 0.5) is 0 Å². The van der Waals surface area contributed by atoms with Crippen molar-refractivity contribution in [3.05, 3.63) is 54.0 Å². The average molecular weight is 308 g/mol. The van der Waals surface area contributed by atoms with E-state index in [0.717, 1.165) is 12.0 Å². The number of sulfonamides is 1. The molecule has 0 bridgehead atoms. The van der Waals surface area contributed by atoms with Crippen LogP contribution >= 0.6 is 0 Å². The molecule has 5 nitrogen and oxygen atoms in total. The Hall–Kier alpha value is -1.63. The van der Waals surface area contributed by atoms with Crippen molar-refractivity contribution in [2.45, 2.75) is 30.8 Å². The van der Waals surface area contributed by atoms with Gasteiger partial charge in [0.05, 0.1) is 17.7 Å². The molecule has 2 N–H and O–H groups in total. The molecule has 0 amide bonds. The van der Waals surface area contributed by atoms with Gasteiger partial charge in [-0.1, -0.05) is 19.1 Å². The molecular formula is C15H20N2O3S. The third-order valence-electron chi connectivity index (χ3n) is 3.39. The summed E-state index contributed by atoms with van der Waals surface area (Å²) in [6.07, 6.45) is 2.28. The third kappa shape index (κ3) is 3.53. The molecule has 0 spiro atoms. The van der Waals surface area contributed by atoms with Crippen LogP contribution in [-0.2, 0) is 16.6 Å². The molecule has 0 radical (unpaired) electrons. The molecule has 1 heterocycles. The second kappa shape index (κ2) is 6.43. The number of hydrogen-bond acceptors (Lipinski definition) is 4. The van der Waals surface area contributed by atoms with Crippen molar-refractivity contribution in [1.82, 2.24) is 4.31 Å². The van der Waals surface area contributed by atoms with Gasteiger partial charge in [0.2, 0.25) is 10.0 Å². The fourth-order valence-corrected chi connectivity index (χ4v) is 3.22. The maximum absolute atomic E-state index is 12.6. The van der Waals surface area contributed by atoms with Crippen molar-refractivity contribution in [1.29, 1.82) is 0 Å². The van der Waals surface area contributed by atoms with Gasteiger partial charge in [0.15, 0.2) is 0 Å². The van der Waals surface area contributed by atoms with E-state index in [1.54, 1.807) is 30.3 Å². The van der Waals surface area contributed by atoms with Crippen LogP contribution in [0.3, 0.4) is 0 Å². The van der Waals surface area contributed by atoms with Gasteiger partial charge in [0, 0.05) is 13.1 Å². The van der Waals surface area contributed by atoms with Crippen LogP contribution in [0.15, 0.2) is 52.0 Å². The van der Waals surface area contributed by atoms with Gasteiger partial charge in [-0.15, -0.1) is 0 Å². The molecule has 2 aromatic rings. The Morgan fingerprint density at radius 1 is 1.29 bits per heavy atom. The van der Waals surface area contributed by atoms with Crippen molar-refractivity contribution < 1.29 is 12.8 Å². The Morgan fingerprint density at radius 2 is 2.05 bits per heavy atom. The highest BCUT2D eigenvalue weighted by atomic mass is 32.2. The first-order chi connectivity index (χ1) is 9.95. The predicted octanol–water partition coefficient (Wildman–Crippen LogP) is 2.51. The van der Waals surface area contributed by atoms with Gasteiger partial charge in [-0.3, -0.25) is 0 Å². The van der Waals surface area contributed by atoms with Gasteiger partial charge in [-0.2, -0.15) is 4.31 Å². The topological polar surface area (TPSA) is 76.5 Å². The van der Waals surface area contributed by atoms with Crippen LogP contribution in [0, 0.1) is 0 Å². The summed E-state index contributed by atoms with van der Waals surface area (Å²) in [5.74, 6) is 0.600. The van der Waals surface area contributed by atoms with E-state index in [2.05, 4.69) is 0 Å². The molecule has 0 saturated heterocycles. The molecule has 1 unspecified atom stereocenters. The van der Waals surface area contributed by atoms with Gasteiger partial charge in [0.1, 0.15) is 5.76 Å². The standard InChI is InChI=1S/C15H20N2O3S/c1-3-15(16)12-6-4-8-14(10-12)21(18,19)17(2)11-13-7-5-9-20-13/h4-10,15H,3,11,16H2,1-2H3. The van der Waals surface area contributed by atoms with E-state index < -0.39 is 10.0 Å². The summed E-state index contributed by atoms with van der Waals surface area (Å²) in [5.41, 5.74) is 6.79. The third-order valence-corrected chi connectivity index (χ3v) is 5.19. The average Bonchev–Trinajstić information content (AvgIpc) is 2.99. The van der Waals surface area contributed by atoms with Crippen LogP contribution in [0.1, 0.15) is 30.7 Å². The molecule has 1 aromatic carbocycles. The number of nitrogens with zero attached hydrogens (tertiary/aromatic N) is 1. The number of nitrogens with two attached hydrogens (primary N) is 1. The lowest BCUT2D eigenvalue weighted by Gasteiger charge is -2.17. The molecule has 0 aliphatic carbocycles. The van der Waals surface area contributed by atoms with Crippen molar-refractivity contribution in [2.24, 2.45) is 5.73 Å². The SMILES string of the molecule is CCC(N)c1cccc(S(=O)(=O)N(C)Cc2ccco2)c1. The molecule has 0 aliphatic rings. The fraction of sp³-hybridized carbons (Fsp3) is 0.333. The van der Waals surface area contributed by atoms with Crippen LogP contribution in [0.5, 0.6) is 0 Å². The highest BCUT2D eigenvalue weighted by molar-refractivity contribution is 7.89. The highest BCUT2D eigenvalue weighted by Crippen LogP contribution is 2.21. The summed E-state index contributed by atoms with van der Waals surface area (Å²) >= 11 is 0. The first-order valence-electron chi connectivity index (χ1n) is 6.79.